The molecule has 0 radical (unpaired) electrons. The standard InChI is InChI=1S/C13H22N4S/c1-9-10(2)18-4-3-17(9)7-11-5-12-13(6-14-11)16-8-15-12/h8-11,14H,3-7H2,1-2H3,(H,15,16). The van der Waals surface area contributed by atoms with Gasteiger partial charge in [0.05, 0.1) is 17.7 Å². The van der Waals surface area contributed by atoms with E-state index >= 15 is 0 Å². The number of fused-ring (bicyclic) bond motifs is 1. The minimum atomic E-state index is 0.554. The van der Waals surface area contributed by atoms with Crippen LogP contribution in [-0.4, -0.2) is 51.0 Å². The maximum atomic E-state index is 4.42. The van der Waals surface area contributed by atoms with Crippen LogP contribution in [0.2, 0.25) is 0 Å². The molecule has 0 amide bonds. The normalized spacial score (nSPS) is 33.3. The lowest BCUT2D eigenvalue weighted by molar-refractivity contribution is 0.185. The topological polar surface area (TPSA) is 44.0 Å². The molecule has 0 aromatic carbocycles. The molecular formula is C13H22N4S. The molecule has 1 saturated heterocycles. The van der Waals surface area contributed by atoms with E-state index in [1.165, 1.54) is 23.7 Å². The number of thioether (sulfide) groups is 1. The fourth-order valence-electron chi connectivity index (χ4n) is 2.90. The Balaban J connectivity index is 1.60. The number of hydrogen-bond donors (Lipinski definition) is 2. The summed E-state index contributed by atoms with van der Waals surface area (Å²) in [4.78, 5) is 10.3. The van der Waals surface area contributed by atoms with Crippen LogP contribution in [0.4, 0.5) is 0 Å². The van der Waals surface area contributed by atoms with Gasteiger partial charge in [0.15, 0.2) is 0 Å². The van der Waals surface area contributed by atoms with E-state index in [4.69, 9.17) is 0 Å². The molecule has 0 bridgehead atoms. The molecule has 3 rings (SSSR count). The Morgan fingerprint density at radius 1 is 1.50 bits per heavy atom. The Labute approximate surface area is 113 Å². The van der Waals surface area contributed by atoms with Crippen molar-refractivity contribution in [1.29, 1.82) is 0 Å². The molecule has 3 heterocycles. The van der Waals surface area contributed by atoms with Crippen molar-refractivity contribution in [3.05, 3.63) is 17.7 Å². The average Bonchev–Trinajstić information content (AvgIpc) is 2.82. The smallest absolute Gasteiger partial charge is 0.0925 e. The van der Waals surface area contributed by atoms with Gasteiger partial charge >= 0.3 is 0 Å². The molecule has 1 aromatic rings. The van der Waals surface area contributed by atoms with Crippen molar-refractivity contribution in [2.45, 2.75) is 44.1 Å². The number of hydrogen-bond acceptors (Lipinski definition) is 4. The maximum absolute atomic E-state index is 4.42. The summed E-state index contributed by atoms with van der Waals surface area (Å²) < 4.78 is 0. The van der Waals surface area contributed by atoms with Gasteiger partial charge in [-0.3, -0.25) is 4.90 Å². The summed E-state index contributed by atoms with van der Waals surface area (Å²) in [6.07, 6.45) is 2.88. The van der Waals surface area contributed by atoms with Crippen molar-refractivity contribution in [3.8, 4) is 0 Å². The van der Waals surface area contributed by atoms with E-state index in [-0.39, 0.29) is 0 Å². The van der Waals surface area contributed by atoms with Crippen molar-refractivity contribution >= 4 is 11.8 Å². The monoisotopic (exact) mass is 266 g/mol. The van der Waals surface area contributed by atoms with Gasteiger partial charge in [0.1, 0.15) is 0 Å². The number of aromatic nitrogens is 2. The van der Waals surface area contributed by atoms with Gasteiger partial charge in [0.2, 0.25) is 0 Å². The highest BCUT2D eigenvalue weighted by Crippen LogP contribution is 2.25. The molecule has 4 nitrogen and oxygen atoms in total. The summed E-state index contributed by atoms with van der Waals surface area (Å²) in [7, 11) is 0. The van der Waals surface area contributed by atoms with Crippen molar-refractivity contribution in [3.63, 3.8) is 0 Å². The molecule has 2 N–H and O–H groups in total. The predicted octanol–water partition coefficient (Wildman–Crippen LogP) is 1.25. The van der Waals surface area contributed by atoms with Crippen LogP contribution in [0.3, 0.4) is 0 Å². The van der Waals surface area contributed by atoms with Gasteiger partial charge in [-0.2, -0.15) is 11.8 Å². The van der Waals surface area contributed by atoms with Crippen LogP contribution in [-0.2, 0) is 13.0 Å². The number of H-pyrrole nitrogens is 1. The van der Waals surface area contributed by atoms with Crippen LogP contribution in [0, 0.1) is 0 Å². The van der Waals surface area contributed by atoms with Crippen LogP contribution >= 0.6 is 11.8 Å². The Hall–Kier alpha value is -0.520. The van der Waals surface area contributed by atoms with Gasteiger partial charge in [0, 0.05) is 49.1 Å². The zero-order valence-corrected chi connectivity index (χ0v) is 12.0. The van der Waals surface area contributed by atoms with E-state index in [1.54, 1.807) is 0 Å². The number of rotatable bonds is 2. The number of nitrogens with zero attached hydrogens (tertiary/aromatic N) is 2. The Morgan fingerprint density at radius 2 is 2.39 bits per heavy atom. The van der Waals surface area contributed by atoms with Gasteiger partial charge in [-0.05, 0) is 6.92 Å². The van der Waals surface area contributed by atoms with Crippen LogP contribution in [0.15, 0.2) is 6.33 Å². The Morgan fingerprint density at radius 3 is 3.28 bits per heavy atom. The summed E-state index contributed by atoms with van der Waals surface area (Å²) in [6.45, 7) is 8.02. The highest BCUT2D eigenvalue weighted by Gasteiger charge is 2.28. The first-order chi connectivity index (χ1) is 8.74. The van der Waals surface area contributed by atoms with E-state index in [0.717, 1.165) is 24.8 Å². The predicted molar refractivity (Wildman–Crippen MR) is 75.9 cm³/mol. The molecule has 1 fully saturated rings. The van der Waals surface area contributed by atoms with Crippen molar-refractivity contribution in [2.24, 2.45) is 0 Å². The second kappa shape index (κ2) is 5.23. The molecule has 2 aliphatic rings. The molecule has 3 atom stereocenters. The fourth-order valence-corrected chi connectivity index (χ4v) is 4.06. The van der Waals surface area contributed by atoms with Gasteiger partial charge in [-0.15, -0.1) is 0 Å². The number of aromatic amines is 1. The third-order valence-corrected chi connectivity index (χ3v) is 5.62. The SMILES string of the molecule is CC1SCCN(CC2Cc3nc[nH]c3CN2)C1C. The van der Waals surface area contributed by atoms with Crippen LogP contribution in [0.25, 0.3) is 0 Å². The van der Waals surface area contributed by atoms with Crippen LogP contribution in [0.1, 0.15) is 25.2 Å². The Bertz CT molecular complexity index is 405. The molecule has 2 aliphatic heterocycles. The molecular weight excluding hydrogens is 244 g/mol. The van der Waals surface area contributed by atoms with Crippen molar-refractivity contribution < 1.29 is 0 Å². The maximum Gasteiger partial charge on any atom is 0.0925 e. The minimum absolute atomic E-state index is 0.554. The van der Waals surface area contributed by atoms with Gasteiger partial charge < -0.3 is 10.3 Å². The second-order valence-corrected chi connectivity index (χ2v) is 6.91. The zero-order valence-electron chi connectivity index (χ0n) is 11.1. The van der Waals surface area contributed by atoms with E-state index in [2.05, 4.69) is 45.8 Å². The molecule has 18 heavy (non-hydrogen) atoms. The molecule has 5 heteroatoms. The summed E-state index contributed by atoms with van der Waals surface area (Å²) in [5.74, 6) is 1.27. The lowest BCUT2D eigenvalue weighted by Gasteiger charge is -2.40. The molecule has 3 unspecified atom stereocenters. The molecule has 0 saturated carbocycles. The second-order valence-electron chi connectivity index (χ2n) is 5.42. The molecule has 0 aliphatic carbocycles. The lowest BCUT2D eigenvalue weighted by Crippen LogP contribution is -2.52. The van der Waals surface area contributed by atoms with Crippen molar-refractivity contribution in [2.75, 3.05) is 18.8 Å². The third kappa shape index (κ3) is 2.44. The van der Waals surface area contributed by atoms with Gasteiger partial charge in [0.25, 0.3) is 0 Å². The van der Waals surface area contributed by atoms with E-state index in [1.807, 2.05) is 6.33 Å². The fraction of sp³-hybridized carbons (Fsp3) is 0.769. The average molecular weight is 266 g/mol. The summed E-state index contributed by atoms with van der Waals surface area (Å²) in [5, 5.41) is 4.38. The lowest BCUT2D eigenvalue weighted by atomic mass is 10.0. The molecule has 1 aromatic heterocycles. The Kier molecular flexibility index (Phi) is 3.63. The van der Waals surface area contributed by atoms with Gasteiger partial charge in [-0.25, -0.2) is 4.98 Å². The van der Waals surface area contributed by atoms with E-state index in [0.29, 0.717) is 12.1 Å². The zero-order chi connectivity index (χ0) is 12.5. The van der Waals surface area contributed by atoms with E-state index in [9.17, 15) is 0 Å². The highest BCUT2D eigenvalue weighted by atomic mass is 32.2. The van der Waals surface area contributed by atoms with E-state index < -0.39 is 0 Å². The third-order valence-electron chi connectivity index (χ3n) is 4.28. The first-order valence-electron chi connectivity index (χ1n) is 6.84. The summed E-state index contributed by atoms with van der Waals surface area (Å²) in [5.41, 5.74) is 2.52. The van der Waals surface area contributed by atoms with Crippen molar-refractivity contribution in [1.82, 2.24) is 20.2 Å². The quantitative estimate of drug-likeness (QED) is 0.845. The first-order valence-corrected chi connectivity index (χ1v) is 7.89. The molecule has 0 spiro atoms. The van der Waals surface area contributed by atoms with Gasteiger partial charge in [-0.1, -0.05) is 6.92 Å². The molecule has 100 valence electrons. The first kappa shape index (κ1) is 12.5. The largest absolute Gasteiger partial charge is 0.347 e. The summed E-state index contributed by atoms with van der Waals surface area (Å²) in [6, 6.07) is 1.24. The highest BCUT2D eigenvalue weighted by molar-refractivity contribution is 8.00. The summed E-state index contributed by atoms with van der Waals surface area (Å²) >= 11 is 2.10. The minimum Gasteiger partial charge on any atom is -0.347 e. The van der Waals surface area contributed by atoms with Crippen LogP contribution in [0.5, 0.6) is 0 Å². The van der Waals surface area contributed by atoms with Crippen LogP contribution < -0.4 is 5.32 Å². The number of nitrogens with one attached hydrogen (secondary N) is 2. The number of imidazole rings is 1.